The molecule has 2 aromatic carbocycles. The first-order valence-corrected chi connectivity index (χ1v) is 9.72. The molecule has 1 amide bonds. The number of amides is 1. The highest BCUT2D eigenvalue weighted by Crippen LogP contribution is 2.26. The van der Waals surface area contributed by atoms with E-state index in [-0.39, 0.29) is 12.3 Å². The van der Waals surface area contributed by atoms with E-state index in [2.05, 4.69) is 10.6 Å². The third-order valence-electron chi connectivity index (χ3n) is 4.83. The fraction of sp³-hybridized carbons (Fsp3) is 0.250. The Labute approximate surface area is 171 Å². The summed E-state index contributed by atoms with van der Waals surface area (Å²) in [7, 11) is 0. The van der Waals surface area contributed by atoms with Gasteiger partial charge in [-0.2, -0.15) is 5.26 Å². The highest BCUT2D eigenvalue weighted by Gasteiger charge is 2.23. The van der Waals surface area contributed by atoms with Crippen LogP contribution in [0.15, 0.2) is 60.7 Å². The second-order valence-corrected chi connectivity index (χ2v) is 6.75. The summed E-state index contributed by atoms with van der Waals surface area (Å²) >= 11 is 0. The number of aryl methyl sites for hydroxylation is 1. The highest BCUT2D eigenvalue weighted by molar-refractivity contribution is 6.07. The monoisotopic (exact) mass is 387 g/mol. The maximum atomic E-state index is 13.5. The molecule has 3 aromatic rings. The topological polar surface area (TPSA) is 58.3 Å². The zero-order valence-corrected chi connectivity index (χ0v) is 17.1. The second-order valence-electron chi connectivity index (χ2n) is 6.75. The quantitative estimate of drug-likeness (QED) is 0.570. The molecular weight excluding hydrogens is 362 g/mol. The van der Waals surface area contributed by atoms with E-state index in [9.17, 15) is 4.79 Å². The summed E-state index contributed by atoms with van der Waals surface area (Å²) in [6, 6.07) is 21.4. The van der Waals surface area contributed by atoms with Gasteiger partial charge in [-0.25, -0.2) is 0 Å². The van der Waals surface area contributed by atoms with E-state index in [0.717, 1.165) is 28.5 Å². The lowest BCUT2D eigenvalue weighted by atomic mass is 10.1. The van der Waals surface area contributed by atoms with E-state index in [4.69, 9.17) is 10.00 Å². The van der Waals surface area contributed by atoms with Crippen molar-refractivity contribution in [1.29, 1.82) is 5.26 Å². The number of hydrogen-bond acceptors (Lipinski definition) is 3. The minimum absolute atomic E-state index is 0.111. The number of carbonyl (C=O) groups excluding carboxylic acids is 1. The SMILES string of the molecule is CCOc1ccc(N(CCC#N)C(=O)c2cc(C)n(-c3ccccc3)c2C)cc1. The van der Waals surface area contributed by atoms with Gasteiger partial charge in [0, 0.05) is 29.3 Å². The number of anilines is 1. The van der Waals surface area contributed by atoms with E-state index in [1.165, 1.54) is 0 Å². The Bertz CT molecular complexity index is 1010. The standard InChI is InChI=1S/C24H25N3O2/c1-4-29-22-13-11-20(12-14-22)26(16-8-15-25)24(28)23-17-18(2)27(19(23)3)21-9-6-5-7-10-21/h5-7,9-14,17H,4,8,16H2,1-3H3. The molecule has 3 rings (SSSR count). The lowest BCUT2D eigenvalue weighted by Gasteiger charge is -2.22. The number of benzene rings is 2. The van der Waals surface area contributed by atoms with Crippen molar-refractivity contribution in [1.82, 2.24) is 4.57 Å². The highest BCUT2D eigenvalue weighted by atomic mass is 16.5. The molecule has 0 unspecified atom stereocenters. The van der Waals surface area contributed by atoms with Crippen molar-refractivity contribution >= 4 is 11.6 Å². The molecule has 0 aliphatic heterocycles. The molecule has 5 nitrogen and oxygen atoms in total. The molecule has 0 saturated carbocycles. The minimum Gasteiger partial charge on any atom is -0.494 e. The zero-order chi connectivity index (χ0) is 20.8. The number of nitriles is 1. The molecule has 0 spiro atoms. The van der Waals surface area contributed by atoms with Gasteiger partial charge >= 0.3 is 0 Å². The molecule has 0 saturated heterocycles. The molecule has 0 atom stereocenters. The van der Waals surface area contributed by atoms with Crippen LogP contribution in [0.4, 0.5) is 5.69 Å². The lowest BCUT2D eigenvalue weighted by molar-refractivity contribution is 0.0987. The van der Waals surface area contributed by atoms with Gasteiger partial charge in [0.15, 0.2) is 0 Å². The summed E-state index contributed by atoms with van der Waals surface area (Å²) in [6.45, 7) is 6.79. The largest absolute Gasteiger partial charge is 0.494 e. The normalized spacial score (nSPS) is 10.4. The third kappa shape index (κ3) is 4.33. The molecule has 5 heteroatoms. The summed E-state index contributed by atoms with van der Waals surface area (Å²) in [5.74, 6) is 0.644. The maximum absolute atomic E-state index is 13.5. The smallest absolute Gasteiger partial charge is 0.260 e. The van der Waals surface area contributed by atoms with Crippen LogP contribution < -0.4 is 9.64 Å². The van der Waals surface area contributed by atoms with Crippen LogP contribution in [-0.4, -0.2) is 23.6 Å². The average molecular weight is 387 g/mol. The van der Waals surface area contributed by atoms with Crippen molar-refractivity contribution in [2.75, 3.05) is 18.1 Å². The van der Waals surface area contributed by atoms with E-state index in [0.29, 0.717) is 18.7 Å². The van der Waals surface area contributed by atoms with Crippen LogP contribution in [0.25, 0.3) is 5.69 Å². The average Bonchev–Trinajstić information content (AvgIpc) is 3.04. The van der Waals surface area contributed by atoms with Gasteiger partial charge in [0.05, 0.1) is 24.7 Å². The Morgan fingerprint density at radius 2 is 1.79 bits per heavy atom. The predicted octanol–water partition coefficient (Wildman–Crippen LogP) is 5.05. The van der Waals surface area contributed by atoms with Crippen molar-refractivity contribution in [3.05, 3.63) is 77.6 Å². The Hall–Kier alpha value is -3.52. The zero-order valence-electron chi connectivity index (χ0n) is 17.1. The molecule has 0 aliphatic carbocycles. The molecule has 0 fully saturated rings. The fourth-order valence-corrected chi connectivity index (χ4v) is 3.50. The van der Waals surface area contributed by atoms with Crippen molar-refractivity contribution in [2.24, 2.45) is 0 Å². The summed E-state index contributed by atoms with van der Waals surface area (Å²) in [4.78, 5) is 15.1. The molecule has 0 N–H and O–H groups in total. The molecule has 0 bridgehead atoms. The van der Waals surface area contributed by atoms with Crippen LogP contribution >= 0.6 is 0 Å². The van der Waals surface area contributed by atoms with Crippen LogP contribution in [0.2, 0.25) is 0 Å². The predicted molar refractivity (Wildman–Crippen MR) is 115 cm³/mol. The molecule has 1 aromatic heterocycles. The first-order valence-electron chi connectivity index (χ1n) is 9.72. The maximum Gasteiger partial charge on any atom is 0.260 e. The third-order valence-corrected chi connectivity index (χ3v) is 4.83. The van der Waals surface area contributed by atoms with Gasteiger partial charge in [-0.15, -0.1) is 0 Å². The first-order chi connectivity index (χ1) is 14.1. The number of nitrogens with zero attached hydrogens (tertiary/aromatic N) is 3. The minimum atomic E-state index is -0.111. The van der Waals surface area contributed by atoms with E-state index in [1.54, 1.807) is 4.90 Å². The van der Waals surface area contributed by atoms with Gasteiger partial charge in [-0.05, 0) is 63.2 Å². The second kappa shape index (κ2) is 9.11. The van der Waals surface area contributed by atoms with Gasteiger partial charge in [-0.3, -0.25) is 4.79 Å². The van der Waals surface area contributed by atoms with Crippen molar-refractivity contribution in [2.45, 2.75) is 27.2 Å². The van der Waals surface area contributed by atoms with Crippen molar-refractivity contribution in [3.8, 4) is 17.5 Å². The Balaban J connectivity index is 1.97. The van der Waals surface area contributed by atoms with Crippen molar-refractivity contribution < 1.29 is 9.53 Å². The van der Waals surface area contributed by atoms with Gasteiger partial charge < -0.3 is 14.2 Å². The number of hydrogen-bond donors (Lipinski definition) is 0. The first kappa shape index (κ1) is 20.2. The van der Waals surface area contributed by atoms with E-state index >= 15 is 0 Å². The lowest BCUT2D eigenvalue weighted by Crippen LogP contribution is -2.32. The van der Waals surface area contributed by atoms with Crippen LogP contribution in [0.5, 0.6) is 5.75 Å². The van der Waals surface area contributed by atoms with Gasteiger partial charge in [0.25, 0.3) is 5.91 Å². The molecule has 1 heterocycles. The van der Waals surface area contributed by atoms with Gasteiger partial charge in [-0.1, -0.05) is 18.2 Å². The number of ether oxygens (including phenoxy) is 1. The van der Waals surface area contributed by atoms with Crippen LogP contribution in [0, 0.1) is 25.2 Å². The number of rotatable bonds is 7. The molecule has 29 heavy (non-hydrogen) atoms. The Kier molecular flexibility index (Phi) is 6.36. The number of aromatic nitrogens is 1. The van der Waals surface area contributed by atoms with Gasteiger partial charge in [0.1, 0.15) is 5.75 Å². The van der Waals surface area contributed by atoms with Gasteiger partial charge in [0.2, 0.25) is 0 Å². The number of carbonyl (C=O) groups is 1. The van der Waals surface area contributed by atoms with E-state index < -0.39 is 0 Å². The summed E-state index contributed by atoms with van der Waals surface area (Å²) in [5.41, 5.74) is 4.28. The van der Waals surface area contributed by atoms with Crippen molar-refractivity contribution in [3.63, 3.8) is 0 Å². The molecular formula is C24H25N3O2. The summed E-state index contributed by atoms with van der Waals surface area (Å²) in [5, 5.41) is 9.07. The summed E-state index contributed by atoms with van der Waals surface area (Å²) in [6.07, 6.45) is 0.260. The Morgan fingerprint density at radius 3 is 2.41 bits per heavy atom. The van der Waals surface area contributed by atoms with Crippen LogP contribution in [0.3, 0.4) is 0 Å². The van der Waals surface area contributed by atoms with Crippen LogP contribution in [0.1, 0.15) is 35.1 Å². The summed E-state index contributed by atoms with van der Waals surface area (Å²) < 4.78 is 7.57. The fourth-order valence-electron chi connectivity index (χ4n) is 3.50. The van der Waals surface area contributed by atoms with Crippen LogP contribution in [-0.2, 0) is 0 Å². The number of para-hydroxylation sites is 1. The Morgan fingerprint density at radius 1 is 1.10 bits per heavy atom. The van der Waals surface area contributed by atoms with E-state index in [1.807, 2.05) is 81.4 Å². The molecule has 148 valence electrons. The molecule has 0 radical (unpaired) electrons. The molecule has 0 aliphatic rings.